The first-order valence-corrected chi connectivity index (χ1v) is 6.66. The maximum atomic E-state index is 13.4. The van der Waals surface area contributed by atoms with Crippen LogP contribution in [0.25, 0.3) is 0 Å². The Hall–Kier alpha value is -1.09. The van der Waals surface area contributed by atoms with Gasteiger partial charge in [0, 0.05) is 24.1 Å². The van der Waals surface area contributed by atoms with Gasteiger partial charge in [0.15, 0.2) is 0 Å². The largest absolute Gasteiger partial charge is 0.487 e. The van der Waals surface area contributed by atoms with Crippen molar-refractivity contribution in [3.8, 4) is 5.75 Å². The van der Waals surface area contributed by atoms with Gasteiger partial charge in [-0.1, -0.05) is 19.9 Å². The van der Waals surface area contributed by atoms with Gasteiger partial charge in [0.25, 0.3) is 0 Å². The van der Waals surface area contributed by atoms with Crippen molar-refractivity contribution < 1.29 is 9.13 Å². The van der Waals surface area contributed by atoms with Gasteiger partial charge in [-0.3, -0.25) is 0 Å². The fourth-order valence-corrected chi connectivity index (χ4v) is 2.68. The quantitative estimate of drug-likeness (QED) is 0.885. The van der Waals surface area contributed by atoms with Crippen LogP contribution in [0.1, 0.15) is 45.2 Å². The Morgan fingerprint density at radius 1 is 1.56 bits per heavy atom. The van der Waals surface area contributed by atoms with Crippen LogP contribution in [0.4, 0.5) is 4.39 Å². The highest BCUT2D eigenvalue weighted by Crippen LogP contribution is 2.43. The molecule has 1 aromatic rings. The lowest BCUT2D eigenvalue weighted by atomic mass is 9.79. The van der Waals surface area contributed by atoms with Crippen LogP contribution >= 0.6 is 0 Å². The third-order valence-electron chi connectivity index (χ3n) is 4.31. The summed E-state index contributed by atoms with van der Waals surface area (Å²) in [6.07, 6.45) is 1.97. The lowest BCUT2D eigenvalue weighted by Crippen LogP contribution is -2.45. The molecule has 1 aromatic carbocycles. The molecule has 0 amide bonds. The minimum atomic E-state index is -0.239. The minimum absolute atomic E-state index is 0.230. The van der Waals surface area contributed by atoms with E-state index < -0.39 is 0 Å². The molecule has 18 heavy (non-hydrogen) atoms. The van der Waals surface area contributed by atoms with Gasteiger partial charge in [-0.2, -0.15) is 0 Å². The summed E-state index contributed by atoms with van der Waals surface area (Å²) < 4.78 is 19.5. The zero-order chi connectivity index (χ0) is 13.3. The molecule has 0 fully saturated rings. The van der Waals surface area contributed by atoms with Crippen LogP contribution in [0.2, 0.25) is 0 Å². The molecule has 1 N–H and O–H groups in total. The van der Waals surface area contributed by atoms with E-state index in [1.54, 1.807) is 0 Å². The summed E-state index contributed by atoms with van der Waals surface area (Å²) in [6, 6.07) is 5.05. The molecule has 1 heterocycles. The van der Waals surface area contributed by atoms with E-state index in [2.05, 4.69) is 26.1 Å². The van der Waals surface area contributed by atoms with E-state index in [0.717, 1.165) is 18.4 Å². The van der Waals surface area contributed by atoms with Crippen molar-refractivity contribution in [1.29, 1.82) is 0 Å². The van der Waals surface area contributed by atoms with Gasteiger partial charge in [0.1, 0.15) is 17.2 Å². The van der Waals surface area contributed by atoms with Crippen LogP contribution in [-0.2, 0) is 0 Å². The number of halogens is 1. The van der Waals surface area contributed by atoms with Crippen molar-refractivity contribution in [3.05, 3.63) is 29.6 Å². The van der Waals surface area contributed by atoms with Gasteiger partial charge in [0.05, 0.1) is 0 Å². The molecule has 1 aliphatic heterocycles. The number of nitrogens with one attached hydrogen (secondary N) is 1. The van der Waals surface area contributed by atoms with E-state index in [0.29, 0.717) is 11.7 Å². The molecule has 0 aromatic heterocycles. The number of hydrogen-bond donors (Lipinski definition) is 1. The summed E-state index contributed by atoms with van der Waals surface area (Å²) in [7, 11) is 1.94. The van der Waals surface area contributed by atoms with E-state index >= 15 is 0 Å². The molecule has 0 aliphatic carbocycles. The molecule has 0 spiro atoms. The van der Waals surface area contributed by atoms with Crippen LogP contribution < -0.4 is 10.1 Å². The highest BCUT2D eigenvalue weighted by Gasteiger charge is 2.40. The first-order chi connectivity index (χ1) is 8.50. The molecule has 0 radical (unpaired) electrons. The van der Waals surface area contributed by atoms with Crippen molar-refractivity contribution in [2.45, 2.75) is 45.3 Å². The van der Waals surface area contributed by atoms with Crippen LogP contribution in [0, 0.1) is 11.7 Å². The maximum absolute atomic E-state index is 13.4. The normalized spacial score (nSPS) is 28.4. The number of fused-ring (bicyclic) bond motifs is 1. The number of hydrogen-bond acceptors (Lipinski definition) is 2. The Balaban J connectivity index is 2.40. The second kappa shape index (κ2) is 4.88. The van der Waals surface area contributed by atoms with E-state index in [4.69, 9.17) is 4.74 Å². The van der Waals surface area contributed by atoms with E-state index in [-0.39, 0.29) is 17.5 Å². The van der Waals surface area contributed by atoms with Crippen LogP contribution in [0.15, 0.2) is 18.2 Å². The second-order valence-electron chi connectivity index (χ2n) is 5.45. The highest BCUT2D eigenvalue weighted by molar-refractivity contribution is 5.39. The van der Waals surface area contributed by atoms with E-state index in [1.807, 2.05) is 13.1 Å². The van der Waals surface area contributed by atoms with Crippen molar-refractivity contribution >= 4 is 0 Å². The Morgan fingerprint density at radius 2 is 2.28 bits per heavy atom. The van der Waals surface area contributed by atoms with Crippen LogP contribution in [-0.4, -0.2) is 12.6 Å². The molecular formula is C15H22FNO. The Bertz CT molecular complexity index is 435. The summed E-state index contributed by atoms with van der Waals surface area (Å²) in [6.45, 7) is 6.48. The van der Waals surface area contributed by atoms with Crippen molar-refractivity contribution in [2.24, 2.45) is 5.92 Å². The van der Waals surface area contributed by atoms with E-state index in [9.17, 15) is 4.39 Å². The lowest BCUT2D eigenvalue weighted by molar-refractivity contribution is -0.00148. The van der Waals surface area contributed by atoms with Crippen molar-refractivity contribution in [2.75, 3.05) is 7.05 Å². The average molecular weight is 251 g/mol. The monoisotopic (exact) mass is 251 g/mol. The summed E-state index contributed by atoms with van der Waals surface area (Å²) in [5.41, 5.74) is 0.822. The van der Waals surface area contributed by atoms with Crippen molar-refractivity contribution in [1.82, 2.24) is 5.32 Å². The standard InChI is InChI=1S/C15H22FNO/c1-5-10(2)15(3)9-13(17-4)12-7-6-11(16)8-14(12)18-15/h6-8,10,13,17H,5,9H2,1-4H3. The molecule has 0 bridgehead atoms. The predicted molar refractivity (Wildman–Crippen MR) is 71.3 cm³/mol. The van der Waals surface area contributed by atoms with E-state index in [1.165, 1.54) is 12.1 Å². The molecule has 0 saturated heterocycles. The molecule has 0 saturated carbocycles. The molecule has 100 valence electrons. The fourth-order valence-electron chi connectivity index (χ4n) is 2.68. The third kappa shape index (κ3) is 2.24. The molecule has 3 atom stereocenters. The first kappa shape index (κ1) is 13.3. The summed E-state index contributed by atoms with van der Waals surface area (Å²) in [4.78, 5) is 0. The Morgan fingerprint density at radius 3 is 2.89 bits per heavy atom. The van der Waals surface area contributed by atoms with Gasteiger partial charge in [-0.25, -0.2) is 4.39 Å². The maximum Gasteiger partial charge on any atom is 0.127 e. The molecular weight excluding hydrogens is 229 g/mol. The Labute approximate surface area is 109 Å². The molecule has 1 aliphatic rings. The zero-order valence-electron chi connectivity index (χ0n) is 11.6. The summed E-state index contributed by atoms with van der Waals surface area (Å²) in [5.74, 6) is 0.880. The number of benzene rings is 1. The first-order valence-electron chi connectivity index (χ1n) is 6.66. The van der Waals surface area contributed by atoms with Gasteiger partial charge < -0.3 is 10.1 Å². The fraction of sp³-hybridized carbons (Fsp3) is 0.600. The van der Waals surface area contributed by atoms with Gasteiger partial charge in [0.2, 0.25) is 0 Å². The summed E-state index contributed by atoms with van der Waals surface area (Å²) >= 11 is 0. The van der Waals surface area contributed by atoms with Gasteiger partial charge in [-0.15, -0.1) is 0 Å². The van der Waals surface area contributed by atoms with Crippen molar-refractivity contribution in [3.63, 3.8) is 0 Å². The minimum Gasteiger partial charge on any atom is -0.487 e. The zero-order valence-corrected chi connectivity index (χ0v) is 11.6. The third-order valence-corrected chi connectivity index (χ3v) is 4.31. The SMILES string of the molecule is CCC(C)C1(C)CC(NC)c2ccc(F)cc2O1. The molecule has 2 rings (SSSR count). The van der Waals surface area contributed by atoms with Crippen LogP contribution in [0.5, 0.6) is 5.75 Å². The number of ether oxygens (including phenoxy) is 1. The topological polar surface area (TPSA) is 21.3 Å². The molecule has 2 nitrogen and oxygen atoms in total. The predicted octanol–water partition coefficient (Wildman–Crippen LogP) is 3.67. The van der Waals surface area contributed by atoms with Gasteiger partial charge >= 0.3 is 0 Å². The Kier molecular flexibility index (Phi) is 3.62. The smallest absolute Gasteiger partial charge is 0.127 e. The lowest BCUT2D eigenvalue weighted by Gasteiger charge is -2.43. The number of rotatable bonds is 3. The molecule has 3 heteroatoms. The van der Waals surface area contributed by atoms with Gasteiger partial charge in [-0.05, 0) is 32.4 Å². The van der Waals surface area contributed by atoms with Crippen LogP contribution in [0.3, 0.4) is 0 Å². The highest BCUT2D eigenvalue weighted by atomic mass is 19.1. The molecule has 3 unspecified atom stereocenters. The summed E-state index contributed by atoms with van der Waals surface area (Å²) in [5, 5.41) is 3.31. The second-order valence-corrected chi connectivity index (χ2v) is 5.45. The average Bonchev–Trinajstić information content (AvgIpc) is 2.36.